The van der Waals surface area contributed by atoms with E-state index in [1.165, 1.54) is 17.8 Å². The Morgan fingerprint density at radius 3 is 2.60 bits per heavy atom. The third-order valence-electron chi connectivity index (χ3n) is 4.50. The van der Waals surface area contributed by atoms with Crippen LogP contribution in [0.1, 0.15) is 21.8 Å². The molecule has 2 atom stereocenters. The first-order valence-corrected chi connectivity index (χ1v) is 9.16. The minimum absolute atomic E-state index is 0.0403. The Hall–Kier alpha value is -2.38. The zero-order valence-corrected chi connectivity index (χ0v) is 14.6. The predicted octanol–water partition coefficient (Wildman–Crippen LogP) is 2.88. The highest BCUT2D eigenvalue weighted by Crippen LogP contribution is 2.31. The van der Waals surface area contributed by atoms with Crippen molar-refractivity contribution < 1.29 is 9.72 Å². The van der Waals surface area contributed by atoms with Gasteiger partial charge in [-0.05, 0) is 24.0 Å². The zero-order chi connectivity index (χ0) is 18.0. The molecule has 0 unspecified atom stereocenters. The molecule has 1 fully saturated rings. The maximum atomic E-state index is 12.8. The number of benzene rings is 2. The Morgan fingerprint density at radius 1 is 1.24 bits per heavy atom. The Balaban J connectivity index is 1.82. The number of amides is 1. The molecule has 2 aromatic carbocycles. The fourth-order valence-electron chi connectivity index (χ4n) is 3.20. The van der Waals surface area contributed by atoms with Crippen LogP contribution in [0.25, 0.3) is 0 Å². The number of carbonyl (C=O) groups is 1. The van der Waals surface area contributed by atoms with E-state index in [1.54, 1.807) is 23.3 Å². The van der Waals surface area contributed by atoms with Gasteiger partial charge in [-0.25, -0.2) is 0 Å². The van der Waals surface area contributed by atoms with Gasteiger partial charge in [0.1, 0.15) is 0 Å². The third-order valence-corrected chi connectivity index (χ3v) is 5.29. The van der Waals surface area contributed by atoms with Gasteiger partial charge in [0.2, 0.25) is 0 Å². The van der Waals surface area contributed by atoms with E-state index in [0.29, 0.717) is 23.5 Å². The van der Waals surface area contributed by atoms with Crippen LogP contribution in [-0.2, 0) is 0 Å². The van der Waals surface area contributed by atoms with E-state index in [-0.39, 0.29) is 23.6 Å². The summed E-state index contributed by atoms with van der Waals surface area (Å²) in [5, 5.41) is 11.2. The molecule has 1 heterocycles. The number of nitrogens with two attached hydrogens (primary N) is 1. The van der Waals surface area contributed by atoms with Gasteiger partial charge in [0.05, 0.1) is 9.82 Å². The van der Waals surface area contributed by atoms with Gasteiger partial charge >= 0.3 is 0 Å². The standard InChI is InChI=1S/C18H19N3O3S/c1-25-17-8-7-13(9-16(17)21(23)24)18(22)20-10-14(15(19)11-20)12-5-3-2-4-6-12/h2-9,14-15H,10-11,19H2,1H3/t14-,15+/m0/s1. The largest absolute Gasteiger partial charge is 0.336 e. The smallest absolute Gasteiger partial charge is 0.283 e. The van der Waals surface area contributed by atoms with Crippen LogP contribution < -0.4 is 5.73 Å². The second-order valence-electron chi connectivity index (χ2n) is 6.03. The number of hydrogen-bond acceptors (Lipinski definition) is 5. The highest BCUT2D eigenvalue weighted by molar-refractivity contribution is 7.98. The zero-order valence-electron chi connectivity index (χ0n) is 13.8. The molecule has 0 aromatic heterocycles. The van der Waals surface area contributed by atoms with E-state index in [4.69, 9.17) is 5.73 Å². The Kier molecular flexibility index (Phi) is 5.06. The minimum atomic E-state index is -0.453. The molecule has 0 bridgehead atoms. The number of carbonyl (C=O) groups excluding carboxylic acids is 1. The van der Waals surface area contributed by atoms with Gasteiger partial charge in [-0.1, -0.05) is 30.3 Å². The molecular formula is C18H19N3O3S. The molecule has 7 heteroatoms. The summed E-state index contributed by atoms with van der Waals surface area (Å²) >= 11 is 1.29. The summed E-state index contributed by atoms with van der Waals surface area (Å²) in [6.45, 7) is 0.957. The van der Waals surface area contributed by atoms with Crippen molar-refractivity contribution in [1.29, 1.82) is 0 Å². The fourth-order valence-corrected chi connectivity index (χ4v) is 3.74. The van der Waals surface area contributed by atoms with Gasteiger partial charge < -0.3 is 10.6 Å². The highest BCUT2D eigenvalue weighted by atomic mass is 32.2. The summed E-state index contributed by atoms with van der Waals surface area (Å²) in [4.78, 5) is 25.8. The van der Waals surface area contributed by atoms with Crippen LogP contribution in [0.4, 0.5) is 5.69 Å². The number of rotatable bonds is 4. The number of likely N-dealkylation sites (tertiary alicyclic amines) is 1. The summed E-state index contributed by atoms with van der Waals surface area (Å²) < 4.78 is 0. The summed E-state index contributed by atoms with van der Waals surface area (Å²) in [5.41, 5.74) is 7.63. The van der Waals surface area contributed by atoms with Gasteiger partial charge in [-0.3, -0.25) is 14.9 Å². The first kappa shape index (κ1) is 17.4. The van der Waals surface area contributed by atoms with Crippen molar-refractivity contribution in [1.82, 2.24) is 4.90 Å². The quantitative estimate of drug-likeness (QED) is 0.516. The number of hydrogen-bond donors (Lipinski definition) is 1. The molecule has 1 saturated heterocycles. The van der Waals surface area contributed by atoms with Crippen LogP contribution in [0.5, 0.6) is 0 Å². The van der Waals surface area contributed by atoms with Gasteiger partial charge in [0.15, 0.2) is 0 Å². The molecule has 0 spiro atoms. The van der Waals surface area contributed by atoms with Crippen LogP contribution >= 0.6 is 11.8 Å². The first-order chi connectivity index (χ1) is 12.0. The van der Waals surface area contributed by atoms with E-state index in [2.05, 4.69) is 0 Å². The Bertz CT molecular complexity index is 797. The molecule has 0 aliphatic carbocycles. The molecule has 1 aliphatic heterocycles. The van der Waals surface area contributed by atoms with Crippen molar-refractivity contribution in [3.05, 3.63) is 69.8 Å². The SMILES string of the molecule is CSc1ccc(C(=O)N2C[C@@H](N)[C@H](c3ccccc3)C2)cc1[N+](=O)[O-]. The average Bonchev–Trinajstić information content (AvgIpc) is 3.03. The normalized spacial score (nSPS) is 19.8. The molecule has 130 valence electrons. The van der Waals surface area contributed by atoms with Crippen molar-refractivity contribution in [2.24, 2.45) is 5.73 Å². The fraction of sp³-hybridized carbons (Fsp3) is 0.278. The van der Waals surface area contributed by atoms with E-state index in [9.17, 15) is 14.9 Å². The molecule has 2 aromatic rings. The Labute approximate surface area is 150 Å². The second-order valence-corrected chi connectivity index (χ2v) is 6.88. The van der Waals surface area contributed by atoms with E-state index in [1.807, 2.05) is 30.3 Å². The number of nitro benzene ring substituents is 1. The Morgan fingerprint density at radius 2 is 1.96 bits per heavy atom. The van der Waals surface area contributed by atoms with Crippen molar-refractivity contribution in [3.8, 4) is 0 Å². The van der Waals surface area contributed by atoms with E-state index in [0.717, 1.165) is 5.56 Å². The molecule has 1 amide bonds. The van der Waals surface area contributed by atoms with Crippen molar-refractivity contribution in [2.75, 3.05) is 19.3 Å². The number of nitrogens with zero attached hydrogens (tertiary/aromatic N) is 2. The van der Waals surface area contributed by atoms with Crippen molar-refractivity contribution in [3.63, 3.8) is 0 Å². The summed E-state index contributed by atoms with van der Waals surface area (Å²) in [7, 11) is 0. The van der Waals surface area contributed by atoms with Crippen molar-refractivity contribution >= 4 is 23.4 Å². The van der Waals surface area contributed by atoms with Crippen LogP contribution in [0, 0.1) is 10.1 Å². The molecule has 25 heavy (non-hydrogen) atoms. The molecule has 0 saturated carbocycles. The van der Waals surface area contributed by atoms with Gasteiger partial charge in [0, 0.05) is 36.7 Å². The molecular weight excluding hydrogens is 338 g/mol. The van der Waals surface area contributed by atoms with Gasteiger partial charge in [0.25, 0.3) is 11.6 Å². The number of nitro groups is 1. The summed E-state index contributed by atoms with van der Waals surface area (Å²) in [5.74, 6) is -0.143. The molecule has 3 rings (SSSR count). The first-order valence-electron chi connectivity index (χ1n) is 7.93. The second kappa shape index (κ2) is 7.25. The molecule has 6 nitrogen and oxygen atoms in total. The van der Waals surface area contributed by atoms with Crippen LogP contribution in [0.2, 0.25) is 0 Å². The molecule has 1 aliphatic rings. The van der Waals surface area contributed by atoms with E-state index >= 15 is 0 Å². The molecule has 2 N–H and O–H groups in total. The lowest BCUT2D eigenvalue weighted by Gasteiger charge is -2.17. The monoisotopic (exact) mass is 357 g/mol. The predicted molar refractivity (Wildman–Crippen MR) is 97.9 cm³/mol. The summed E-state index contributed by atoms with van der Waals surface area (Å²) in [6.07, 6.45) is 1.77. The number of thioether (sulfide) groups is 1. The van der Waals surface area contributed by atoms with Gasteiger partial charge in [-0.15, -0.1) is 11.8 Å². The lowest BCUT2D eigenvalue weighted by molar-refractivity contribution is -0.387. The lowest BCUT2D eigenvalue weighted by atomic mass is 9.95. The van der Waals surface area contributed by atoms with Crippen LogP contribution in [-0.4, -0.2) is 41.1 Å². The molecule has 0 radical (unpaired) electrons. The highest BCUT2D eigenvalue weighted by Gasteiger charge is 2.34. The minimum Gasteiger partial charge on any atom is -0.336 e. The van der Waals surface area contributed by atoms with Gasteiger partial charge in [-0.2, -0.15) is 0 Å². The third kappa shape index (κ3) is 3.52. The maximum absolute atomic E-state index is 12.8. The van der Waals surface area contributed by atoms with Crippen LogP contribution in [0.15, 0.2) is 53.4 Å². The van der Waals surface area contributed by atoms with Crippen molar-refractivity contribution in [2.45, 2.75) is 16.9 Å². The average molecular weight is 357 g/mol. The summed E-state index contributed by atoms with van der Waals surface area (Å²) in [6, 6.07) is 14.4. The van der Waals surface area contributed by atoms with Crippen LogP contribution in [0.3, 0.4) is 0 Å². The maximum Gasteiger partial charge on any atom is 0.283 e. The van der Waals surface area contributed by atoms with E-state index < -0.39 is 4.92 Å². The lowest BCUT2D eigenvalue weighted by Crippen LogP contribution is -2.32. The topological polar surface area (TPSA) is 89.5 Å².